The van der Waals surface area contributed by atoms with Crippen LogP contribution in [0.25, 0.3) is 0 Å². The van der Waals surface area contributed by atoms with Crippen LogP contribution >= 0.6 is 0 Å². The van der Waals surface area contributed by atoms with E-state index in [0.717, 1.165) is 5.57 Å². The van der Waals surface area contributed by atoms with Crippen LogP contribution in [0.4, 0.5) is 0 Å². The molecule has 0 aromatic rings. The first-order valence-corrected chi connectivity index (χ1v) is 5.19. The van der Waals surface area contributed by atoms with Gasteiger partial charge in [0.25, 0.3) is 0 Å². The second-order valence-electron chi connectivity index (χ2n) is 3.73. The number of ketones is 1. The summed E-state index contributed by atoms with van der Waals surface area (Å²) in [6.07, 6.45) is 4.56. The lowest BCUT2D eigenvalue weighted by Crippen LogP contribution is -2.39. The molecule has 1 saturated heterocycles. The van der Waals surface area contributed by atoms with E-state index in [2.05, 4.69) is 6.58 Å². The number of amides is 1. The van der Waals surface area contributed by atoms with Gasteiger partial charge in [0.15, 0.2) is 5.78 Å². The van der Waals surface area contributed by atoms with Crippen molar-refractivity contribution in [1.82, 2.24) is 4.90 Å². The Morgan fingerprint density at radius 2 is 2.33 bits per heavy atom. The zero-order chi connectivity index (χ0) is 11.4. The van der Waals surface area contributed by atoms with Crippen molar-refractivity contribution >= 4 is 11.7 Å². The van der Waals surface area contributed by atoms with E-state index in [1.165, 1.54) is 0 Å². The number of likely N-dealkylation sites (tertiary alicyclic amines) is 1. The maximum atomic E-state index is 11.9. The van der Waals surface area contributed by atoms with E-state index in [-0.39, 0.29) is 17.7 Å². The summed E-state index contributed by atoms with van der Waals surface area (Å²) in [4.78, 5) is 25.0. The molecule has 0 radical (unpaired) electrons. The Hall–Kier alpha value is -1.38. The SMILES string of the molecule is C=CCN1C(=O)CCC1C(=O)/C(C)=C/C. The second-order valence-corrected chi connectivity index (χ2v) is 3.73. The fraction of sp³-hybridized carbons (Fsp3) is 0.500. The van der Waals surface area contributed by atoms with Crippen LogP contribution in [-0.2, 0) is 9.59 Å². The zero-order valence-electron chi connectivity index (χ0n) is 9.32. The van der Waals surface area contributed by atoms with Crippen LogP contribution in [0.1, 0.15) is 26.7 Å². The van der Waals surface area contributed by atoms with Crippen LogP contribution in [0, 0.1) is 0 Å². The zero-order valence-corrected chi connectivity index (χ0v) is 9.32. The van der Waals surface area contributed by atoms with Gasteiger partial charge in [0.05, 0.1) is 6.04 Å². The predicted molar refractivity (Wildman–Crippen MR) is 59.4 cm³/mol. The summed E-state index contributed by atoms with van der Waals surface area (Å²) in [5.41, 5.74) is 0.726. The molecule has 1 rings (SSSR count). The molecule has 15 heavy (non-hydrogen) atoms. The van der Waals surface area contributed by atoms with Crippen LogP contribution < -0.4 is 0 Å². The third-order valence-corrected chi connectivity index (χ3v) is 2.78. The van der Waals surface area contributed by atoms with Gasteiger partial charge in [-0.2, -0.15) is 0 Å². The van der Waals surface area contributed by atoms with Crippen LogP contribution in [-0.4, -0.2) is 29.2 Å². The number of rotatable bonds is 4. The van der Waals surface area contributed by atoms with Crippen molar-refractivity contribution in [3.63, 3.8) is 0 Å². The predicted octanol–water partition coefficient (Wildman–Crippen LogP) is 1.70. The first-order chi connectivity index (χ1) is 7.11. The van der Waals surface area contributed by atoms with Gasteiger partial charge in [-0.25, -0.2) is 0 Å². The molecule has 82 valence electrons. The number of Topliss-reactive ketones (excluding diaryl/α,β-unsaturated/α-hetero) is 1. The number of hydrogen-bond acceptors (Lipinski definition) is 2. The lowest BCUT2D eigenvalue weighted by molar-refractivity contribution is -0.132. The molecule has 0 aromatic carbocycles. The Morgan fingerprint density at radius 1 is 1.67 bits per heavy atom. The maximum Gasteiger partial charge on any atom is 0.223 e. The molecule has 1 amide bonds. The van der Waals surface area contributed by atoms with Crippen molar-refractivity contribution in [3.8, 4) is 0 Å². The van der Waals surface area contributed by atoms with Gasteiger partial charge in [-0.1, -0.05) is 12.2 Å². The summed E-state index contributed by atoms with van der Waals surface area (Å²) >= 11 is 0. The van der Waals surface area contributed by atoms with Gasteiger partial charge in [-0.15, -0.1) is 6.58 Å². The molecule has 3 nitrogen and oxygen atoms in total. The Morgan fingerprint density at radius 3 is 2.87 bits per heavy atom. The van der Waals surface area contributed by atoms with Crippen LogP contribution in [0.2, 0.25) is 0 Å². The van der Waals surface area contributed by atoms with E-state index in [9.17, 15) is 9.59 Å². The molecule has 0 spiro atoms. The van der Waals surface area contributed by atoms with Crippen molar-refractivity contribution in [1.29, 1.82) is 0 Å². The lowest BCUT2D eigenvalue weighted by Gasteiger charge is -2.22. The van der Waals surface area contributed by atoms with Gasteiger partial charge in [0.1, 0.15) is 0 Å². The molecule has 0 aliphatic carbocycles. The van der Waals surface area contributed by atoms with Crippen molar-refractivity contribution in [2.24, 2.45) is 0 Å². The molecule has 0 bridgehead atoms. The van der Waals surface area contributed by atoms with E-state index < -0.39 is 0 Å². The number of carbonyl (C=O) groups excluding carboxylic acids is 2. The monoisotopic (exact) mass is 207 g/mol. The third kappa shape index (κ3) is 2.35. The van der Waals surface area contributed by atoms with Crippen LogP contribution in [0.15, 0.2) is 24.3 Å². The van der Waals surface area contributed by atoms with Gasteiger partial charge in [0, 0.05) is 13.0 Å². The number of carbonyl (C=O) groups is 2. The van der Waals surface area contributed by atoms with Gasteiger partial charge >= 0.3 is 0 Å². The highest BCUT2D eigenvalue weighted by Crippen LogP contribution is 2.21. The number of allylic oxidation sites excluding steroid dienone is 1. The first-order valence-electron chi connectivity index (χ1n) is 5.19. The molecule has 1 aliphatic heterocycles. The average molecular weight is 207 g/mol. The van der Waals surface area contributed by atoms with E-state index >= 15 is 0 Å². The molecule has 0 N–H and O–H groups in total. The molecule has 1 aliphatic rings. The highest BCUT2D eigenvalue weighted by molar-refractivity contribution is 6.02. The summed E-state index contributed by atoms with van der Waals surface area (Å²) in [5, 5.41) is 0. The smallest absolute Gasteiger partial charge is 0.223 e. The standard InChI is InChI=1S/C12H17NO2/c1-4-8-13-10(6-7-11(13)14)12(15)9(3)5-2/h4-5,10H,1,6-8H2,2-3H3/b9-5+. The summed E-state index contributed by atoms with van der Waals surface area (Å²) in [6, 6.07) is -0.272. The molecule has 1 fully saturated rings. The largest absolute Gasteiger partial charge is 0.329 e. The second kappa shape index (κ2) is 4.91. The van der Waals surface area contributed by atoms with Crippen LogP contribution in [0.5, 0.6) is 0 Å². The molecule has 0 aromatic heterocycles. The van der Waals surface area contributed by atoms with E-state index in [0.29, 0.717) is 19.4 Å². The average Bonchev–Trinajstić information content (AvgIpc) is 2.59. The van der Waals surface area contributed by atoms with Crippen molar-refractivity contribution in [2.45, 2.75) is 32.7 Å². The minimum Gasteiger partial charge on any atom is -0.329 e. The molecular formula is C12H17NO2. The van der Waals surface area contributed by atoms with Gasteiger partial charge in [0.2, 0.25) is 5.91 Å². The minimum absolute atomic E-state index is 0.0529. The Kier molecular flexibility index (Phi) is 3.83. The lowest BCUT2D eigenvalue weighted by atomic mass is 10.0. The minimum atomic E-state index is -0.272. The fourth-order valence-corrected chi connectivity index (χ4v) is 1.78. The third-order valence-electron chi connectivity index (χ3n) is 2.78. The highest BCUT2D eigenvalue weighted by atomic mass is 16.2. The van der Waals surface area contributed by atoms with Crippen molar-refractivity contribution < 1.29 is 9.59 Å². The van der Waals surface area contributed by atoms with E-state index in [4.69, 9.17) is 0 Å². The summed E-state index contributed by atoms with van der Waals surface area (Å²) in [6.45, 7) is 7.69. The Balaban J connectivity index is 2.81. The summed E-state index contributed by atoms with van der Waals surface area (Å²) < 4.78 is 0. The van der Waals surface area contributed by atoms with E-state index in [1.54, 1.807) is 24.0 Å². The van der Waals surface area contributed by atoms with Gasteiger partial charge < -0.3 is 4.90 Å². The first kappa shape index (κ1) is 11.7. The Labute approximate surface area is 90.5 Å². The van der Waals surface area contributed by atoms with E-state index in [1.807, 2.05) is 6.92 Å². The maximum absolute atomic E-state index is 11.9. The van der Waals surface area contributed by atoms with Crippen LogP contribution in [0.3, 0.4) is 0 Å². The highest BCUT2D eigenvalue weighted by Gasteiger charge is 2.35. The number of hydrogen-bond donors (Lipinski definition) is 0. The molecule has 0 saturated carbocycles. The van der Waals surface area contributed by atoms with Gasteiger partial charge in [-0.3, -0.25) is 9.59 Å². The quantitative estimate of drug-likeness (QED) is 0.519. The van der Waals surface area contributed by atoms with Crippen molar-refractivity contribution in [3.05, 3.63) is 24.3 Å². The van der Waals surface area contributed by atoms with Crippen molar-refractivity contribution in [2.75, 3.05) is 6.54 Å². The Bertz CT molecular complexity index is 318. The number of nitrogens with zero attached hydrogens (tertiary/aromatic N) is 1. The van der Waals surface area contributed by atoms with Gasteiger partial charge in [-0.05, 0) is 25.8 Å². The summed E-state index contributed by atoms with van der Waals surface area (Å²) in [7, 11) is 0. The normalized spacial score (nSPS) is 22.0. The molecule has 1 unspecified atom stereocenters. The molecule has 1 atom stereocenters. The molecule has 1 heterocycles. The summed E-state index contributed by atoms with van der Waals surface area (Å²) in [5.74, 6) is 0.113. The topological polar surface area (TPSA) is 37.4 Å². The fourth-order valence-electron chi connectivity index (χ4n) is 1.78. The molecular weight excluding hydrogens is 190 g/mol. The molecule has 3 heteroatoms.